The molecule has 1 saturated heterocycles. The fourth-order valence-corrected chi connectivity index (χ4v) is 3.07. The van der Waals surface area contributed by atoms with Crippen LogP contribution in [-0.4, -0.2) is 32.3 Å². The number of hydrogen-bond donors (Lipinski definition) is 2. The Morgan fingerprint density at radius 2 is 1.90 bits per heavy atom. The lowest BCUT2D eigenvalue weighted by atomic mass is 10.1. The summed E-state index contributed by atoms with van der Waals surface area (Å²) in [4.78, 5) is 5.97. The summed E-state index contributed by atoms with van der Waals surface area (Å²) in [5.41, 5.74) is 7.55. The quantitative estimate of drug-likeness (QED) is 0.357. The van der Waals surface area contributed by atoms with Crippen molar-refractivity contribution in [2.45, 2.75) is 19.6 Å². The zero-order chi connectivity index (χ0) is 20.1. The van der Waals surface area contributed by atoms with Crippen LogP contribution in [0.4, 0.5) is 24.5 Å². The Hall–Kier alpha value is -2.01. The van der Waals surface area contributed by atoms with Gasteiger partial charge in [0.15, 0.2) is 5.96 Å². The molecule has 0 bridgehead atoms. The second-order valence-electron chi connectivity index (χ2n) is 6.63. The maximum atomic E-state index is 13.6. The number of hydrogen-bond acceptors (Lipinski definition) is 3. The van der Waals surface area contributed by atoms with E-state index in [4.69, 9.17) is 10.5 Å². The van der Waals surface area contributed by atoms with E-state index in [0.29, 0.717) is 32.0 Å². The number of nitrogens with two attached hydrogens (primary N) is 1. The Morgan fingerprint density at radius 3 is 2.55 bits per heavy atom. The Kier molecular flexibility index (Phi) is 8.14. The summed E-state index contributed by atoms with van der Waals surface area (Å²) < 4.78 is 46.0. The molecule has 0 radical (unpaired) electrons. The summed E-state index contributed by atoms with van der Waals surface area (Å²) in [5, 5.41) is 2.90. The van der Waals surface area contributed by atoms with Crippen molar-refractivity contribution >= 4 is 41.3 Å². The summed E-state index contributed by atoms with van der Waals surface area (Å²) in [6.45, 7) is 3.93. The van der Waals surface area contributed by atoms with E-state index in [1.54, 1.807) is 6.07 Å². The number of ether oxygens (including phenoxy) is 1. The second kappa shape index (κ2) is 10.1. The lowest BCUT2D eigenvalue weighted by molar-refractivity contribution is -0.138. The molecule has 0 unspecified atom stereocenters. The van der Waals surface area contributed by atoms with Gasteiger partial charge in [0.1, 0.15) is 0 Å². The SMILES string of the molecule is Cc1cccc(NC(N)=NCc2ccc(N3CCOCC3)cc2C(F)(F)F)c1.I. The van der Waals surface area contributed by atoms with Crippen LogP contribution in [0.3, 0.4) is 0 Å². The van der Waals surface area contributed by atoms with Crippen molar-refractivity contribution < 1.29 is 17.9 Å². The van der Waals surface area contributed by atoms with Crippen molar-refractivity contribution in [3.63, 3.8) is 0 Å². The molecular weight excluding hydrogens is 496 g/mol. The van der Waals surface area contributed by atoms with Crippen LogP contribution in [0.1, 0.15) is 16.7 Å². The Bertz CT molecular complexity index is 852. The lowest BCUT2D eigenvalue weighted by Crippen LogP contribution is -2.36. The van der Waals surface area contributed by atoms with E-state index < -0.39 is 11.7 Å². The van der Waals surface area contributed by atoms with Gasteiger partial charge in [-0.2, -0.15) is 13.2 Å². The maximum Gasteiger partial charge on any atom is 0.416 e. The fourth-order valence-electron chi connectivity index (χ4n) is 3.07. The number of halogens is 4. The first kappa shape index (κ1) is 23.3. The van der Waals surface area contributed by atoms with E-state index in [-0.39, 0.29) is 42.0 Å². The van der Waals surface area contributed by atoms with Gasteiger partial charge in [0.2, 0.25) is 0 Å². The van der Waals surface area contributed by atoms with Crippen molar-refractivity contribution in [2.75, 3.05) is 36.5 Å². The Morgan fingerprint density at radius 1 is 1.17 bits per heavy atom. The van der Waals surface area contributed by atoms with E-state index >= 15 is 0 Å². The molecule has 3 N–H and O–H groups in total. The smallest absolute Gasteiger partial charge is 0.378 e. The molecule has 1 aliphatic heterocycles. The number of aliphatic imine (C=N–C) groups is 1. The third-order valence-corrected chi connectivity index (χ3v) is 4.49. The fraction of sp³-hybridized carbons (Fsp3) is 0.350. The van der Waals surface area contributed by atoms with Crippen LogP contribution in [0, 0.1) is 6.92 Å². The molecule has 2 aromatic rings. The summed E-state index contributed by atoms with van der Waals surface area (Å²) >= 11 is 0. The third-order valence-electron chi connectivity index (χ3n) is 4.49. The van der Waals surface area contributed by atoms with Crippen molar-refractivity contribution in [2.24, 2.45) is 10.7 Å². The summed E-state index contributed by atoms with van der Waals surface area (Å²) in [6.07, 6.45) is -4.47. The van der Waals surface area contributed by atoms with Gasteiger partial charge in [-0.05, 0) is 42.3 Å². The van der Waals surface area contributed by atoms with Crippen LogP contribution in [0.2, 0.25) is 0 Å². The highest BCUT2D eigenvalue weighted by molar-refractivity contribution is 14.0. The molecule has 2 aromatic carbocycles. The summed E-state index contributed by atoms with van der Waals surface area (Å²) in [5.74, 6) is 0.0657. The molecule has 5 nitrogen and oxygen atoms in total. The normalized spacial score (nSPS) is 15.0. The minimum atomic E-state index is -4.47. The maximum absolute atomic E-state index is 13.6. The van der Waals surface area contributed by atoms with E-state index in [0.717, 1.165) is 11.3 Å². The Labute approximate surface area is 185 Å². The van der Waals surface area contributed by atoms with Gasteiger partial charge in [0.05, 0.1) is 25.3 Å². The van der Waals surface area contributed by atoms with Gasteiger partial charge in [-0.25, -0.2) is 4.99 Å². The zero-order valence-electron chi connectivity index (χ0n) is 16.0. The minimum absolute atomic E-state index is 0. The van der Waals surface area contributed by atoms with Crippen LogP contribution in [-0.2, 0) is 17.5 Å². The number of morpholine rings is 1. The summed E-state index contributed by atoms with van der Waals surface area (Å²) in [6, 6.07) is 11.8. The molecular formula is C20H24F3IN4O. The van der Waals surface area contributed by atoms with E-state index in [2.05, 4.69) is 10.3 Å². The van der Waals surface area contributed by atoms with E-state index in [1.165, 1.54) is 12.1 Å². The molecule has 158 valence electrons. The third kappa shape index (κ3) is 6.49. The molecule has 0 spiro atoms. The predicted molar refractivity (Wildman–Crippen MR) is 120 cm³/mol. The number of aryl methyl sites for hydroxylation is 1. The number of benzene rings is 2. The molecule has 9 heteroatoms. The highest BCUT2D eigenvalue weighted by Crippen LogP contribution is 2.35. The average Bonchev–Trinajstić information content (AvgIpc) is 2.66. The molecule has 1 aliphatic rings. The predicted octanol–water partition coefficient (Wildman–Crippen LogP) is 4.40. The zero-order valence-corrected chi connectivity index (χ0v) is 18.3. The van der Waals surface area contributed by atoms with Crippen molar-refractivity contribution in [3.05, 3.63) is 59.2 Å². The van der Waals surface area contributed by atoms with Gasteiger partial charge in [-0.15, -0.1) is 24.0 Å². The van der Waals surface area contributed by atoms with Crippen LogP contribution in [0.25, 0.3) is 0 Å². The van der Waals surface area contributed by atoms with E-state index in [1.807, 2.05) is 36.1 Å². The van der Waals surface area contributed by atoms with Crippen molar-refractivity contribution in [1.82, 2.24) is 0 Å². The van der Waals surface area contributed by atoms with Gasteiger partial charge in [0, 0.05) is 24.5 Å². The van der Waals surface area contributed by atoms with Crippen molar-refractivity contribution in [3.8, 4) is 0 Å². The standard InChI is InChI=1S/C20H23F3N4O.HI/c1-14-3-2-4-16(11-14)26-19(24)25-13-15-5-6-17(12-18(15)20(21,22)23)27-7-9-28-10-8-27;/h2-6,11-12H,7-10,13H2,1H3,(H3,24,25,26);1H. The highest BCUT2D eigenvalue weighted by Gasteiger charge is 2.34. The molecule has 0 amide bonds. The highest BCUT2D eigenvalue weighted by atomic mass is 127. The van der Waals surface area contributed by atoms with Gasteiger partial charge >= 0.3 is 6.18 Å². The number of rotatable bonds is 4. The average molecular weight is 520 g/mol. The van der Waals surface area contributed by atoms with E-state index in [9.17, 15) is 13.2 Å². The monoisotopic (exact) mass is 520 g/mol. The second-order valence-corrected chi connectivity index (χ2v) is 6.63. The molecule has 1 heterocycles. The molecule has 3 rings (SSSR count). The van der Waals surface area contributed by atoms with Crippen LogP contribution in [0.15, 0.2) is 47.5 Å². The topological polar surface area (TPSA) is 62.9 Å². The van der Waals surface area contributed by atoms with Crippen LogP contribution < -0.4 is 16.0 Å². The van der Waals surface area contributed by atoms with Crippen LogP contribution >= 0.6 is 24.0 Å². The van der Waals surface area contributed by atoms with Gasteiger partial charge in [-0.1, -0.05) is 18.2 Å². The number of alkyl halides is 3. The number of guanidine groups is 1. The lowest BCUT2D eigenvalue weighted by Gasteiger charge is -2.29. The number of anilines is 2. The largest absolute Gasteiger partial charge is 0.416 e. The molecule has 29 heavy (non-hydrogen) atoms. The first-order valence-electron chi connectivity index (χ1n) is 8.99. The first-order valence-corrected chi connectivity index (χ1v) is 8.99. The van der Waals surface area contributed by atoms with Crippen LogP contribution in [0.5, 0.6) is 0 Å². The van der Waals surface area contributed by atoms with Gasteiger partial charge in [-0.3, -0.25) is 0 Å². The van der Waals surface area contributed by atoms with Gasteiger partial charge < -0.3 is 20.7 Å². The first-order chi connectivity index (χ1) is 13.3. The number of nitrogens with zero attached hydrogens (tertiary/aromatic N) is 2. The molecule has 0 atom stereocenters. The van der Waals surface area contributed by atoms with Crippen molar-refractivity contribution in [1.29, 1.82) is 0 Å². The summed E-state index contributed by atoms with van der Waals surface area (Å²) in [7, 11) is 0. The molecule has 0 aliphatic carbocycles. The Balaban J connectivity index is 0.00000300. The molecule has 1 fully saturated rings. The molecule has 0 aromatic heterocycles. The van der Waals surface area contributed by atoms with Gasteiger partial charge in [0.25, 0.3) is 0 Å². The molecule has 0 saturated carbocycles. The number of nitrogens with one attached hydrogen (secondary N) is 1. The minimum Gasteiger partial charge on any atom is -0.378 e.